The summed E-state index contributed by atoms with van der Waals surface area (Å²) in [6.07, 6.45) is 4.29. The first-order valence-electron chi connectivity index (χ1n) is 6.69. The Hall–Kier alpha value is -1.62. The molecule has 1 amide bonds. The van der Waals surface area contributed by atoms with Gasteiger partial charge in [-0.3, -0.25) is 9.78 Å². The normalized spacial score (nSPS) is 12.2. The summed E-state index contributed by atoms with van der Waals surface area (Å²) in [5.74, 6) is 0.157. The number of nitrogens with one attached hydrogen (secondary N) is 1. The van der Waals surface area contributed by atoms with Gasteiger partial charge in [0.05, 0.1) is 23.1 Å². The molecule has 0 aliphatic carbocycles. The first-order valence-corrected chi connectivity index (χ1v) is 6.69. The lowest BCUT2D eigenvalue weighted by Crippen LogP contribution is -2.30. The van der Waals surface area contributed by atoms with E-state index in [1.54, 1.807) is 13.0 Å². The molecule has 0 saturated carbocycles. The van der Waals surface area contributed by atoms with Crippen LogP contribution in [0, 0.1) is 12.8 Å². The fourth-order valence-electron chi connectivity index (χ4n) is 2.05. The maximum absolute atomic E-state index is 12.1. The predicted molar refractivity (Wildman–Crippen MR) is 75.8 cm³/mol. The number of amides is 1. The summed E-state index contributed by atoms with van der Waals surface area (Å²) in [4.78, 5) is 16.1. The summed E-state index contributed by atoms with van der Waals surface area (Å²) in [7, 11) is 0. The van der Waals surface area contributed by atoms with Gasteiger partial charge in [0, 0.05) is 13.2 Å². The van der Waals surface area contributed by atoms with E-state index in [2.05, 4.69) is 17.2 Å². The number of carbonyl (C=O) groups is 1. The van der Waals surface area contributed by atoms with Gasteiger partial charge >= 0.3 is 0 Å². The molecule has 19 heavy (non-hydrogen) atoms. The molecule has 0 aliphatic rings. The minimum atomic E-state index is -0.156. The number of anilines is 1. The molecule has 1 heterocycles. The molecule has 0 bridgehead atoms. The molecule has 0 aliphatic heterocycles. The lowest BCUT2D eigenvalue weighted by atomic mass is 10.00. The minimum Gasteiger partial charge on any atom is -0.397 e. The van der Waals surface area contributed by atoms with E-state index in [4.69, 9.17) is 10.8 Å². The van der Waals surface area contributed by atoms with E-state index in [0.29, 0.717) is 35.8 Å². The number of pyridine rings is 1. The summed E-state index contributed by atoms with van der Waals surface area (Å²) in [6.45, 7) is 4.60. The van der Waals surface area contributed by atoms with Crippen molar-refractivity contribution >= 4 is 11.6 Å². The lowest BCUT2D eigenvalue weighted by molar-refractivity contribution is 0.0942. The molecule has 1 rings (SSSR count). The summed E-state index contributed by atoms with van der Waals surface area (Å²) in [5.41, 5.74) is 7.30. The van der Waals surface area contributed by atoms with Crippen LogP contribution in [0.2, 0.25) is 0 Å². The second-order valence-electron chi connectivity index (χ2n) is 4.78. The summed E-state index contributed by atoms with van der Waals surface area (Å²) < 4.78 is 0. The zero-order chi connectivity index (χ0) is 14.3. The molecule has 0 aromatic carbocycles. The van der Waals surface area contributed by atoms with Gasteiger partial charge in [-0.05, 0) is 31.7 Å². The summed E-state index contributed by atoms with van der Waals surface area (Å²) in [5, 5.41) is 11.9. The zero-order valence-corrected chi connectivity index (χ0v) is 11.6. The van der Waals surface area contributed by atoms with Gasteiger partial charge in [-0.1, -0.05) is 13.3 Å². The third-order valence-corrected chi connectivity index (χ3v) is 3.14. The standard InChI is InChI=1S/C14H23N3O2/c1-3-4-11(5-6-18)8-17-14(19)13-7-12(15)9-16-10(13)2/h7,9,11,18H,3-6,8,15H2,1-2H3,(H,17,19). The van der Waals surface area contributed by atoms with Crippen LogP contribution in [0.5, 0.6) is 0 Å². The molecule has 0 spiro atoms. The number of hydrogen-bond donors (Lipinski definition) is 3. The molecular weight excluding hydrogens is 242 g/mol. The van der Waals surface area contributed by atoms with Gasteiger partial charge < -0.3 is 16.2 Å². The second kappa shape index (κ2) is 7.74. The third kappa shape index (κ3) is 4.87. The van der Waals surface area contributed by atoms with Gasteiger partial charge in [0.25, 0.3) is 5.91 Å². The Balaban J connectivity index is 2.61. The predicted octanol–water partition coefficient (Wildman–Crippen LogP) is 1.50. The fraction of sp³-hybridized carbons (Fsp3) is 0.571. The molecule has 4 N–H and O–H groups in total. The van der Waals surface area contributed by atoms with E-state index >= 15 is 0 Å². The van der Waals surface area contributed by atoms with E-state index < -0.39 is 0 Å². The van der Waals surface area contributed by atoms with Crippen molar-refractivity contribution in [2.45, 2.75) is 33.1 Å². The monoisotopic (exact) mass is 265 g/mol. The Morgan fingerprint density at radius 1 is 1.53 bits per heavy atom. The topological polar surface area (TPSA) is 88.2 Å². The van der Waals surface area contributed by atoms with Crippen molar-refractivity contribution in [3.05, 3.63) is 23.5 Å². The molecule has 0 radical (unpaired) electrons. The third-order valence-electron chi connectivity index (χ3n) is 3.14. The Labute approximate surface area is 114 Å². The van der Waals surface area contributed by atoms with Crippen LogP contribution < -0.4 is 11.1 Å². The van der Waals surface area contributed by atoms with Crippen LogP contribution in [0.1, 0.15) is 42.2 Å². The highest BCUT2D eigenvalue weighted by Crippen LogP contribution is 2.12. The number of nitrogen functional groups attached to an aromatic ring is 1. The quantitative estimate of drug-likeness (QED) is 0.697. The Bertz CT molecular complexity index is 415. The average Bonchev–Trinajstić information content (AvgIpc) is 2.39. The number of nitrogens with two attached hydrogens (primary N) is 1. The van der Waals surface area contributed by atoms with Gasteiger partial charge in [0.2, 0.25) is 0 Å². The van der Waals surface area contributed by atoms with Crippen LogP contribution in [0.3, 0.4) is 0 Å². The number of hydrogen-bond acceptors (Lipinski definition) is 4. The van der Waals surface area contributed by atoms with E-state index in [9.17, 15) is 4.79 Å². The molecule has 1 aromatic rings. The first-order chi connectivity index (χ1) is 9.08. The molecule has 0 saturated heterocycles. The van der Waals surface area contributed by atoms with Crippen molar-refractivity contribution in [2.24, 2.45) is 5.92 Å². The van der Waals surface area contributed by atoms with Crippen LogP contribution in [-0.2, 0) is 0 Å². The molecule has 0 fully saturated rings. The summed E-state index contributed by atoms with van der Waals surface area (Å²) in [6, 6.07) is 1.64. The van der Waals surface area contributed by atoms with Crippen molar-refractivity contribution in [2.75, 3.05) is 18.9 Å². The lowest BCUT2D eigenvalue weighted by Gasteiger charge is -2.16. The van der Waals surface area contributed by atoms with E-state index in [0.717, 1.165) is 12.8 Å². The zero-order valence-electron chi connectivity index (χ0n) is 11.6. The Morgan fingerprint density at radius 2 is 2.26 bits per heavy atom. The van der Waals surface area contributed by atoms with Crippen LogP contribution >= 0.6 is 0 Å². The number of carbonyl (C=O) groups excluding carboxylic acids is 1. The number of rotatable bonds is 7. The highest BCUT2D eigenvalue weighted by Gasteiger charge is 2.13. The van der Waals surface area contributed by atoms with Crippen LogP contribution in [0.4, 0.5) is 5.69 Å². The highest BCUT2D eigenvalue weighted by atomic mass is 16.3. The smallest absolute Gasteiger partial charge is 0.253 e. The van der Waals surface area contributed by atoms with Crippen molar-refractivity contribution in [3.63, 3.8) is 0 Å². The Kier molecular flexibility index (Phi) is 6.29. The van der Waals surface area contributed by atoms with Crippen LogP contribution in [-0.4, -0.2) is 29.1 Å². The van der Waals surface area contributed by atoms with Gasteiger partial charge in [-0.2, -0.15) is 0 Å². The molecule has 1 unspecified atom stereocenters. The molecule has 1 atom stereocenters. The first kappa shape index (κ1) is 15.4. The van der Waals surface area contributed by atoms with Crippen LogP contribution in [0.15, 0.2) is 12.3 Å². The highest BCUT2D eigenvalue weighted by molar-refractivity contribution is 5.95. The van der Waals surface area contributed by atoms with E-state index in [1.165, 1.54) is 6.20 Å². The SMILES string of the molecule is CCCC(CCO)CNC(=O)c1cc(N)cnc1C. The maximum Gasteiger partial charge on any atom is 0.253 e. The summed E-state index contributed by atoms with van der Waals surface area (Å²) >= 11 is 0. The average molecular weight is 265 g/mol. The largest absolute Gasteiger partial charge is 0.397 e. The number of nitrogens with zero attached hydrogens (tertiary/aromatic N) is 1. The van der Waals surface area contributed by atoms with Gasteiger partial charge in [-0.15, -0.1) is 0 Å². The molecule has 106 valence electrons. The molecule has 5 nitrogen and oxygen atoms in total. The van der Waals surface area contributed by atoms with Crippen molar-refractivity contribution in [3.8, 4) is 0 Å². The Morgan fingerprint density at radius 3 is 2.89 bits per heavy atom. The number of aromatic nitrogens is 1. The van der Waals surface area contributed by atoms with Crippen LogP contribution in [0.25, 0.3) is 0 Å². The van der Waals surface area contributed by atoms with Crippen molar-refractivity contribution in [1.29, 1.82) is 0 Å². The van der Waals surface area contributed by atoms with Gasteiger partial charge in [0.15, 0.2) is 0 Å². The number of aryl methyl sites for hydroxylation is 1. The van der Waals surface area contributed by atoms with Crippen molar-refractivity contribution < 1.29 is 9.90 Å². The number of aliphatic hydroxyl groups is 1. The molecule has 5 heteroatoms. The minimum absolute atomic E-state index is 0.152. The maximum atomic E-state index is 12.1. The van der Waals surface area contributed by atoms with E-state index in [-0.39, 0.29) is 12.5 Å². The van der Waals surface area contributed by atoms with Gasteiger partial charge in [-0.25, -0.2) is 0 Å². The second-order valence-corrected chi connectivity index (χ2v) is 4.78. The van der Waals surface area contributed by atoms with Gasteiger partial charge in [0.1, 0.15) is 0 Å². The van der Waals surface area contributed by atoms with E-state index in [1.807, 2.05) is 0 Å². The number of aliphatic hydroxyl groups excluding tert-OH is 1. The van der Waals surface area contributed by atoms with Crippen molar-refractivity contribution in [1.82, 2.24) is 10.3 Å². The molecule has 1 aromatic heterocycles. The molecular formula is C14H23N3O2. The fourth-order valence-corrected chi connectivity index (χ4v) is 2.05.